The van der Waals surface area contributed by atoms with Gasteiger partial charge in [0.05, 0.1) is 0 Å². The minimum atomic E-state index is -1.77. The van der Waals surface area contributed by atoms with Crippen LogP contribution in [0.4, 0.5) is 0 Å². The van der Waals surface area contributed by atoms with E-state index in [2.05, 4.69) is 37.2 Å². The van der Waals surface area contributed by atoms with Crippen molar-refractivity contribution < 1.29 is 63.2 Å². The molecule has 7 atom stereocenters. The molecule has 1 fully saturated rings. The van der Waals surface area contributed by atoms with Crippen molar-refractivity contribution in [3.05, 3.63) is 83.1 Å². The highest BCUT2D eigenvalue weighted by atomic mass is 16.5. The number of carbonyl (C=O) groups excluding carboxylic acids is 8. The molecule has 20 nitrogen and oxygen atoms in total. The lowest BCUT2D eigenvalue weighted by Gasteiger charge is -2.30. The molecule has 0 radical (unpaired) electrons. The summed E-state index contributed by atoms with van der Waals surface area (Å²) in [6, 6.07) is 3.29. The van der Waals surface area contributed by atoms with Crippen LogP contribution in [0.15, 0.2) is 72.0 Å². The van der Waals surface area contributed by atoms with E-state index in [0.717, 1.165) is 5.56 Å². The summed E-state index contributed by atoms with van der Waals surface area (Å²) < 4.78 is 5.78. The fourth-order valence-electron chi connectivity index (χ4n) is 6.65. The van der Waals surface area contributed by atoms with Crippen LogP contribution in [0.1, 0.15) is 85.3 Å². The topological polar surface area (TPSA) is 308 Å². The third-order valence-corrected chi connectivity index (χ3v) is 10.3. The highest BCUT2D eigenvalue weighted by Gasteiger charge is 2.38. The van der Waals surface area contributed by atoms with Crippen LogP contribution < -0.4 is 37.2 Å². The maximum absolute atomic E-state index is 14.4. The van der Waals surface area contributed by atoms with Crippen molar-refractivity contribution in [1.82, 2.24) is 37.2 Å². The van der Waals surface area contributed by atoms with Crippen LogP contribution in [0.2, 0.25) is 0 Å². The zero-order valence-electron chi connectivity index (χ0n) is 38.1. The van der Waals surface area contributed by atoms with E-state index < -0.39 is 114 Å². The summed E-state index contributed by atoms with van der Waals surface area (Å²) in [6.45, 7) is 10.7. The van der Waals surface area contributed by atoms with Crippen LogP contribution in [0.5, 0.6) is 11.5 Å². The molecule has 3 rings (SSSR count). The lowest BCUT2D eigenvalue weighted by atomic mass is 10.00. The van der Waals surface area contributed by atoms with Crippen LogP contribution in [-0.2, 0) is 60.7 Å². The van der Waals surface area contributed by atoms with Crippen molar-refractivity contribution in [2.75, 3.05) is 0 Å². The number of hydrogen-bond donors (Lipinski definition) is 10. The van der Waals surface area contributed by atoms with E-state index in [1.807, 2.05) is 0 Å². The van der Waals surface area contributed by atoms with Gasteiger partial charge in [0, 0.05) is 18.9 Å². The van der Waals surface area contributed by atoms with Crippen molar-refractivity contribution >= 4 is 53.3 Å². The highest BCUT2D eigenvalue weighted by Crippen LogP contribution is 2.16. The maximum Gasteiger partial charge on any atom is 0.328 e. The first-order chi connectivity index (χ1) is 31.1. The summed E-state index contributed by atoms with van der Waals surface area (Å²) in [5.74, 6) is -9.00. The Balaban J connectivity index is 2.07. The highest BCUT2D eigenvalue weighted by molar-refractivity contribution is 6.02. The molecule has 7 amide bonds. The molecule has 2 aromatic rings. The molecule has 0 unspecified atom stereocenters. The summed E-state index contributed by atoms with van der Waals surface area (Å²) in [7, 11) is 0. The molecule has 0 spiro atoms. The number of amides is 7. The summed E-state index contributed by atoms with van der Waals surface area (Å²) in [5, 5.41) is 46.7. The second kappa shape index (κ2) is 25.3. The molecule has 1 heterocycles. The zero-order valence-corrected chi connectivity index (χ0v) is 38.1. The van der Waals surface area contributed by atoms with Gasteiger partial charge in [-0.2, -0.15) is 0 Å². The number of aryl methyl sites for hydroxylation is 1. The third kappa shape index (κ3) is 17.0. The number of aliphatic carboxylic acids is 1. The van der Waals surface area contributed by atoms with Crippen molar-refractivity contribution in [3.63, 3.8) is 0 Å². The molecule has 358 valence electrons. The Morgan fingerprint density at radius 2 is 1.38 bits per heavy atom. The number of carboxylic acid groups (broad SMARTS) is 1. The van der Waals surface area contributed by atoms with Gasteiger partial charge in [-0.3, -0.25) is 38.4 Å². The minimum absolute atomic E-state index is 0.0359. The van der Waals surface area contributed by atoms with E-state index in [4.69, 9.17) is 4.74 Å². The van der Waals surface area contributed by atoms with Crippen LogP contribution in [0, 0.1) is 5.92 Å². The number of aromatic hydroxyl groups is 2. The predicted molar refractivity (Wildman–Crippen MR) is 239 cm³/mol. The van der Waals surface area contributed by atoms with Gasteiger partial charge in [-0.05, 0) is 102 Å². The van der Waals surface area contributed by atoms with E-state index in [9.17, 15) is 58.5 Å². The minimum Gasteiger partial charge on any atom is -0.508 e. The van der Waals surface area contributed by atoms with E-state index in [-0.39, 0.29) is 36.5 Å². The number of nitrogens with one attached hydrogen (secondary N) is 7. The number of ether oxygens (including phenoxy) is 1. The molecular weight excluding hydrogens is 859 g/mol. The Morgan fingerprint density at radius 1 is 0.773 bits per heavy atom. The third-order valence-electron chi connectivity index (χ3n) is 10.3. The number of hydrogen-bond acceptors (Lipinski definition) is 12. The monoisotopic (exact) mass is 919 g/mol. The molecule has 10 N–H and O–H groups in total. The number of rotatable bonds is 16. The second-order valence-electron chi connectivity index (χ2n) is 16.5. The first kappa shape index (κ1) is 53.1. The Hall–Kier alpha value is -7.25. The molecule has 66 heavy (non-hydrogen) atoms. The average Bonchev–Trinajstić information content (AvgIpc) is 3.24. The van der Waals surface area contributed by atoms with Gasteiger partial charge in [0.25, 0.3) is 5.91 Å². The van der Waals surface area contributed by atoms with Crippen molar-refractivity contribution in [3.8, 4) is 11.5 Å². The molecule has 0 aromatic heterocycles. The standard InChI is InChI=1S/C46H61N7O13/c1-8-32-41(60)49-33(20-21-37(57)58)42(61)50-34(11-9-10-28-12-16-30(54)17-13-28)46(65)66-27(7)39(45(64)47-26(6)40(59)48-32)53-43(62)35(23-29-14-18-31(55)19-15-29)51-44(63)38(25(4)5)52-36(56)22-24(2)3/h8,12-19,22,25-27,33-35,38-39,54-55H,9-11,20-21,23H2,1-7H3,(H,47,64)(H,48,59)(H,49,60)(H,50,61)(H,51,63)(H,52,56)(H,53,62)(H,57,58)/t26-,27+,33+,34-,35+,38-,39-/m0/s1. The lowest BCUT2D eigenvalue weighted by Crippen LogP contribution is -2.62. The van der Waals surface area contributed by atoms with Crippen molar-refractivity contribution in [2.24, 2.45) is 5.92 Å². The Bertz CT molecular complexity index is 2150. The molecule has 0 bridgehead atoms. The van der Waals surface area contributed by atoms with Gasteiger partial charge < -0.3 is 57.3 Å². The van der Waals surface area contributed by atoms with Gasteiger partial charge >= 0.3 is 11.9 Å². The molecule has 0 aliphatic carbocycles. The number of cyclic esters (lactones) is 1. The van der Waals surface area contributed by atoms with E-state index in [1.54, 1.807) is 39.8 Å². The van der Waals surface area contributed by atoms with E-state index in [0.29, 0.717) is 17.6 Å². The van der Waals surface area contributed by atoms with Crippen LogP contribution in [0.25, 0.3) is 0 Å². The van der Waals surface area contributed by atoms with Gasteiger partial charge in [0.15, 0.2) is 0 Å². The van der Waals surface area contributed by atoms with E-state index >= 15 is 0 Å². The number of carbonyl (C=O) groups is 9. The summed E-state index contributed by atoms with van der Waals surface area (Å²) >= 11 is 0. The fourth-order valence-corrected chi connectivity index (χ4v) is 6.65. The number of phenols is 2. The maximum atomic E-state index is 14.4. The number of allylic oxidation sites excluding steroid dienone is 2. The van der Waals surface area contributed by atoms with Crippen molar-refractivity contribution in [2.45, 2.75) is 129 Å². The quantitative estimate of drug-likeness (QED) is 0.0833. The predicted octanol–water partition coefficient (Wildman–Crippen LogP) is 1.04. The number of carboxylic acids is 1. The van der Waals surface area contributed by atoms with Gasteiger partial charge in [-0.1, -0.05) is 49.8 Å². The average molecular weight is 920 g/mol. The Morgan fingerprint density at radius 3 is 1.94 bits per heavy atom. The summed E-state index contributed by atoms with van der Waals surface area (Å²) in [5.41, 5.74) is 1.56. The first-order valence-corrected chi connectivity index (χ1v) is 21.5. The van der Waals surface area contributed by atoms with Crippen LogP contribution >= 0.6 is 0 Å². The number of benzene rings is 2. The van der Waals surface area contributed by atoms with Gasteiger partial charge in [0.2, 0.25) is 35.4 Å². The zero-order chi connectivity index (χ0) is 49.2. The number of phenolic OH excluding ortho intramolecular Hbond substituents is 2. The van der Waals surface area contributed by atoms with Crippen LogP contribution in [0.3, 0.4) is 0 Å². The lowest BCUT2D eigenvalue weighted by molar-refractivity contribution is -0.156. The van der Waals surface area contributed by atoms with Crippen LogP contribution in [-0.4, -0.2) is 111 Å². The summed E-state index contributed by atoms with van der Waals surface area (Å²) in [4.78, 5) is 121. The van der Waals surface area contributed by atoms with Gasteiger partial charge in [-0.15, -0.1) is 0 Å². The second-order valence-corrected chi connectivity index (χ2v) is 16.5. The van der Waals surface area contributed by atoms with Gasteiger partial charge in [-0.25, -0.2) is 4.79 Å². The Kier molecular flexibility index (Phi) is 20.3. The molecule has 0 saturated carbocycles. The molecule has 1 aliphatic rings. The fraction of sp³-hybridized carbons (Fsp3) is 0.457. The molecular formula is C46H61N7O13. The number of esters is 1. The van der Waals surface area contributed by atoms with Gasteiger partial charge in [0.1, 0.15) is 59.6 Å². The Labute approximate surface area is 382 Å². The molecule has 1 saturated heterocycles. The first-order valence-electron chi connectivity index (χ1n) is 21.5. The molecule has 1 aliphatic heterocycles. The smallest absolute Gasteiger partial charge is 0.328 e. The largest absolute Gasteiger partial charge is 0.508 e. The SMILES string of the molecule is CC=C1NC(=O)[C@H](C)NC(=O)[C@@H](NC(=O)[C@@H](Cc2ccc(O)cc2)NC(=O)[C@@H](NC(=O)C=C(C)C)C(C)C)[C@@H](C)OC(=O)[C@H](CCCc2ccc(O)cc2)NC(=O)[C@@H](CCC(=O)O)NC1=O. The molecule has 2 aromatic carbocycles. The normalized spacial score (nSPS) is 21.2. The summed E-state index contributed by atoms with van der Waals surface area (Å²) in [6.07, 6.45) is 0.354. The molecule has 20 heteroatoms. The van der Waals surface area contributed by atoms with Crippen molar-refractivity contribution in [1.29, 1.82) is 0 Å². The van der Waals surface area contributed by atoms with E-state index in [1.165, 1.54) is 69.3 Å².